The zero-order valence-corrected chi connectivity index (χ0v) is 16.0. The van der Waals surface area contributed by atoms with Crippen LogP contribution >= 0.6 is 0 Å². The minimum atomic E-state index is 0.0746. The monoisotopic (exact) mass is 355 g/mol. The van der Waals surface area contributed by atoms with Crippen molar-refractivity contribution in [3.63, 3.8) is 0 Å². The van der Waals surface area contributed by atoms with Crippen LogP contribution in [0.3, 0.4) is 0 Å². The van der Waals surface area contributed by atoms with E-state index in [2.05, 4.69) is 18.7 Å². The van der Waals surface area contributed by atoms with Gasteiger partial charge in [0.1, 0.15) is 6.61 Å². The van der Waals surface area contributed by atoms with E-state index in [0.717, 1.165) is 31.6 Å². The maximum absolute atomic E-state index is 12.8. The summed E-state index contributed by atoms with van der Waals surface area (Å²) in [6, 6.07) is 15.5. The lowest BCUT2D eigenvalue weighted by molar-refractivity contribution is 0.0977. The second-order valence-electron chi connectivity index (χ2n) is 6.12. The molecule has 140 valence electrons. The Morgan fingerprint density at radius 3 is 2.38 bits per heavy atom. The fraction of sp³-hybridized carbons (Fsp3) is 0.409. The van der Waals surface area contributed by atoms with Crippen LogP contribution in [0.15, 0.2) is 48.5 Å². The van der Waals surface area contributed by atoms with E-state index in [-0.39, 0.29) is 5.78 Å². The Labute approximate surface area is 156 Å². The number of ether oxygens (including phenoxy) is 2. The molecular formula is C22H29NO3. The van der Waals surface area contributed by atoms with Crippen LogP contribution in [0.4, 0.5) is 0 Å². The van der Waals surface area contributed by atoms with Gasteiger partial charge in [0.05, 0.1) is 12.7 Å². The quantitative estimate of drug-likeness (QED) is 0.566. The average molecular weight is 355 g/mol. The molecule has 2 aromatic rings. The van der Waals surface area contributed by atoms with Gasteiger partial charge in [-0.2, -0.15) is 0 Å². The molecule has 0 saturated carbocycles. The third kappa shape index (κ3) is 5.60. The molecule has 0 N–H and O–H groups in total. The standard InChI is InChI=1S/C22H29NO3/c1-4-23(5-2)16-17-26-22-19(12-9-13-21(22)25-3)20(24)15-14-18-10-7-6-8-11-18/h6-13H,4-5,14-17H2,1-3H3. The number of likely N-dealkylation sites (N-methyl/N-ethyl adjacent to an activating group) is 1. The molecular weight excluding hydrogens is 326 g/mol. The molecule has 2 rings (SSSR count). The lowest BCUT2D eigenvalue weighted by Gasteiger charge is -2.20. The molecule has 26 heavy (non-hydrogen) atoms. The number of carbonyl (C=O) groups is 1. The summed E-state index contributed by atoms with van der Waals surface area (Å²) >= 11 is 0. The van der Waals surface area contributed by atoms with Crippen LogP contribution in [0.1, 0.15) is 36.2 Å². The fourth-order valence-corrected chi connectivity index (χ4v) is 2.90. The molecule has 0 heterocycles. The first-order valence-corrected chi connectivity index (χ1v) is 9.28. The summed E-state index contributed by atoms with van der Waals surface area (Å²) in [4.78, 5) is 15.1. The first-order chi connectivity index (χ1) is 12.7. The van der Waals surface area contributed by atoms with Gasteiger partial charge in [-0.05, 0) is 37.2 Å². The summed E-state index contributed by atoms with van der Waals surface area (Å²) < 4.78 is 11.4. The molecule has 0 unspecified atom stereocenters. The predicted molar refractivity (Wildman–Crippen MR) is 105 cm³/mol. The van der Waals surface area contributed by atoms with Gasteiger partial charge in [-0.15, -0.1) is 0 Å². The van der Waals surface area contributed by atoms with Crippen molar-refractivity contribution in [1.29, 1.82) is 0 Å². The number of carbonyl (C=O) groups excluding carboxylic acids is 1. The van der Waals surface area contributed by atoms with Crippen molar-refractivity contribution >= 4 is 5.78 Å². The summed E-state index contributed by atoms with van der Waals surface area (Å²) in [5.41, 5.74) is 1.76. The largest absolute Gasteiger partial charge is 0.493 e. The number of para-hydroxylation sites is 1. The lowest BCUT2D eigenvalue weighted by Crippen LogP contribution is -2.28. The third-order valence-electron chi connectivity index (χ3n) is 4.53. The van der Waals surface area contributed by atoms with Gasteiger partial charge >= 0.3 is 0 Å². The molecule has 4 heteroatoms. The Kier molecular flexibility index (Phi) is 8.16. The normalized spacial score (nSPS) is 10.8. The van der Waals surface area contributed by atoms with E-state index in [1.165, 1.54) is 0 Å². The van der Waals surface area contributed by atoms with Gasteiger partial charge in [-0.3, -0.25) is 4.79 Å². The van der Waals surface area contributed by atoms with Crippen LogP contribution in [-0.4, -0.2) is 44.0 Å². The number of methoxy groups -OCH3 is 1. The van der Waals surface area contributed by atoms with Crippen LogP contribution in [0.25, 0.3) is 0 Å². The molecule has 0 aliphatic heterocycles. The van der Waals surface area contributed by atoms with E-state index in [4.69, 9.17) is 9.47 Å². The topological polar surface area (TPSA) is 38.8 Å². The summed E-state index contributed by atoms with van der Waals surface area (Å²) in [6.45, 7) is 7.57. The van der Waals surface area contributed by atoms with Crippen LogP contribution < -0.4 is 9.47 Å². The third-order valence-corrected chi connectivity index (χ3v) is 4.53. The minimum Gasteiger partial charge on any atom is -0.493 e. The van der Waals surface area contributed by atoms with Crippen LogP contribution in [0.5, 0.6) is 11.5 Å². The van der Waals surface area contributed by atoms with Crippen molar-refractivity contribution in [3.8, 4) is 11.5 Å². The number of ketones is 1. The Hall–Kier alpha value is -2.33. The number of nitrogens with zero attached hydrogens (tertiary/aromatic N) is 1. The first kappa shape index (κ1) is 20.0. The van der Waals surface area contributed by atoms with E-state index in [1.54, 1.807) is 7.11 Å². The first-order valence-electron chi connectivity index (χ1n) is 9.28. The van der Waals surface area contributed by atoms with Crippen molar-refractivity contribution in [2.24, 2.45) is 0 Å². The van der Waals surface area contributed by atoms with E-state index >= 15 is 0 Å². The SMILES string of the molecule is CCN(CC)CCOc1c(OC)cccc1C(=O)CCc1ccccc1. The molecule has 0 aliphatic carbocycles. The number of rotatable bonds is 11. The van der Waals surface area contributed by atoms with Gasteiger partial charge in [0.2, 0.25) is 0 Å². The maximum atomic E-state index is 12.8. The lowest BCUT2D eigenvalue weighted by atomic mass is 10.0. The van der Waals surface area contributed by atoms with Crippen LogP contribution in [-0.2, 0) is 6.42 Å². The zero-order chi connectivity index (χ0) is 18.8. The molecule has 0 fully saturated rings. The van der Waals surface area contributed by atoms with Crippen molar-refractivity contribution in [2.45, 2.75) is 26.7 Å². The van der Waals surface area contributed by atoms with E-state index in [0.29, 0.717) is 30.1 Å². The molecule has 0 aromatic heterocycles. The molecule has 2 aromatic carbocycles. The Balaban J connectivity index is 2.07. The average Bonchev–Trinajstić information content (AvgIpc) is 2.70. The highest BCUT2D eigenvalue weighted by molar-refractivity contribution is 5.99. The van der Waals surface area contributed by atoms with Gasteiger partial charge in [-0.1, -0.05) is 50.2 Å². The Morgan fingerprint density at radius 2 is 1.73 bits per heavy atom. The highest BCUT2D eigenvalue weighted by atomic mass is 16.5. The second-order valence-corrected chi connectivity index (χ2v) is 6.12. The Morgan fingerprint density at radius 1 is 1.00 bits per heavy atom. The summed E-state index contributed by atoms with van der Waals surface area (Å²) in [5, 5.41) is 0. The molecule has 0 amide bonds. The highest BCUT2D eigenvalue weighted by Crippen LogP contribution is 2.32. The second kappa shape index (κ2) is 10.6. The van der Waals surface area contributed by atoms with E-state index < -0.39 is 0 Å². The fourth-order valence-electron chi connectivity index (χ4n) is 2.90. The predicted octanol–water partition coefficient (Wildman–Crippen LogP) is 4.23. The Bertz CT molecular complexity index is 681. The summed E-state index contributed by atoms with van der Waals surface area (Å²) in [6.07, 6.45) is 1.17. The summed E-state index contributed by atoms with van der Waals surface area (Å²) in [5.74, 6) is 1.24. The van der Waals surface area contributed by atoms with Gasteiger partial charge in [-0.25, -0.2) is 0 Å². The molecule has 0 saturated heterocycles. The molecule has 0 aliphatic rings. The van der Waals surface area contributed by atoms with Gasteiger partial charge in [0.15, 0.2) is 17.3 Å². The van der Waals surface area contributed by atoms with Crippen molar-refractivity contribution in [3.05, 3.63) is 59.7 Å². The van der Waals surface area contributed by atoms with Crippen molar-refractivity contribution in [2.75, 3.05) is 33.4 Å². The van der Waals surface area contributed by atoms with Crippen LogP contribution in [0, 0.1) is 0 Å². The molecule has 0 atom stereocenters. The molecule has 0 radical (unpaired) electrons. The molecule has 0 spiro atoms. The minimum absolute atomic E-state index is 0.0746. The number of benzene rings is 2. The number of hydrogen-bond donors (Lipinski definition) is 0. The number of Topliss-reactive ketones (excluding diaryl/α,β-unsaturated/α-hetero) is 1. The zero-order valence-electron chi connectivity index (χ0n) is 16.0. The smallest absolute Gasteiger partial charge is 0.171 e. The summed E-state index contributed by atoms with van der Waals surface area (Å²) in [7, 11) is 1.60. The van der Waals surface area contributed by atoms with Crippen LogP contribution in [0.2, 0.25) is 0 Å². The number of hydrogen-bond acceptors (Lipinski definition) is 4. The number of aryl methyl sites for hydroxylation is 1. The maximum Gasteiger partial charge on any atom is 0.171 e. The van der Waals surface area contributed by atoms with Gasteiger partial charge in [0, 0.05) is 13.0 Å². The van der Waals surface area contributed by atoms with E-state index in [9.17, 15) is 4.79 Å². The van der Waals surface area contributed by atoms with Gasteiger partial charge < -0.3 is 14.4 Å². The molecule has 0 bridgehead atoms. The highest BCUT2D eigenvalue weighted by Gasteiger charge is 2.17. The van der Waals surface area contributed by atoms with E-state index in [1.807, 2.05) is 48.5 Å². The van der Waals surface area contributed by atoms with Crippen molar-refractivity contribution < 1.29 is 14.3 Å². The molecule has 4 nitrogen and oxygen atoms in total. The van der Waals surface area contributed by atoms with Crippen molar-refractivity contribution in [1.82, 2.24) is 4.90 Å². The van der Waals surface area contributed by atoms with Gasteiger partial charge in [0.25, 0.3) is 0 Å².